The van der Waals surface area contributed by atoms with Crippen molar-refractivity contribution in [2.75, 3.05) is 18.9 Å². The minimum absolute atomic E-state index is 0.233. The van der Waals surface area contributed by atoms with E-state index in [1.807, 2.05) is 25.1 Å². The van der Waals surface area contributed by atoms with Crippen LogP contribution in [0.15, 0.2) is 18.2 Å². The molecule has 2 amide bonds. The third-order valence-corrected chi connectivity index (χ3v) is 2.04. The minimum Gasteiger partial charge on any atom is -0.341 e. The maximum Gasteiger partial charge on any atom is 0.318 e. The molecule has 0 heterocycles. The lowest BCUT2D eigenvalue weighted by atomic mass is 10.1. The molecule has 0 radical (unpaired) electrons. The first-order valence-electron chi connectivity index (χ1n) is 4.95. The molecule has 0 spiro atoms. The fourth-order valence-corrected chi connectivity index (χ4v) is 1.22. The molecule has 1 aromatic rings. The number of aryl methyl sites for hydroxylation is 1. The monoisotopic (exact) mass is 217 g/mol. The van der Waals surface area contributed by atoms with E-state index in [0.717, 1.165) is 16.8 Å². The van der Waals surface area contributed by atoms with Crippen molar-refractivity contribution < 1.29 is 4.79 Å². The molecular formula is C12H15N3O. The summed E-state index contributed by atoms with van der Waals surface area (Å²) in [6.45, 7) is 2.26. The van der Waals surface area contributed by atoms with Gasteiger partial charge in [0.05, 0.1) is 6.54 Å². The molecule has 0 saturated carbocycles. The van der Waals surface area contributed by atoms with Gasteiger partial charge in [0, 0.05) is 18.3 Å². The molecule has 0 saturated heterocycles. The predicted octanol–water partition coefficient (Wildman–Crippen LogP) is 1.06. The molecule has 0 aromatic heterocycles. The lowest BCUT2D eigenvalue weighted by Crippen LogP contribution is -2.24. The summed E-state index contributed by atoms with van der Waals surface area (Å²) in [7, 11) is 1.58. The van der Waals surface area contributed by atoms with Gasteiger partial charge in [-0.05, 0) is 30.7 Å². The number of hydrogen-bond acceptors (Lipinski definition) is 2. The van der Waals surface area contributed by atoms with Crippen LogP contribution in [0.3, 0.4) is 0 Å². The summed E-state index contributed by atoms with van der Waals surface area (Å²) in [6.07, 6.45) is 0. The largest absolute Gasteiger partial charge is 0.341 e. The fraction of sp³-hybridized carbons (Fsp3) is 0.250. The van der Waals surface area contributed by atoms with Gasteiger partial charge in [-0.2, -0.15) is 0 Å². The van der Waals surface area contributed by atoms with Gasteiger partial charge >= 0.3 is 6.03 Å². The van der Waals surface area contributed by atoms with Gasteiger partial charge in [0.1, 0.15) is 0 Å². The molecule has 0 atom stereocenters. The van der Waals surface area contributed by atoms with E-state index in [4.69, 9.17) is 5.73 Å². The van der Waals surface area contributed by atoms with Crippen LogP contribution in [0.1, 0.15) is 11.1 Å². The molecule has 1 aromatic carbocycles. The van der Waals surface area contributed by atoms with E-state index >= 15 is 0 Å². The van der Waals surface area contributed by atoms with Crippen LogP contribution >= 0.6 is 0 Å². The lowest BCUT2D eigenvalue weighted by Gasteiger charge is -2.07. The van der Waals surface area contributed by atoms with Gasteiger partial charge < -0.3 is 16.4 Å². The SMILES string of the molecule is CNC(=O)Nc1ccc(C#CCN)cc1C. The van der Waals surface area contributed by atoms with Crippen molar-refractivity contribution in [3.8, 4) is 11.8 Å². The van der Waals surface area contributed by atoms with Gasteiger partial charge in [-0.1, -0.05) is 11.8 Å². The zero-order valence-electron chi connectivity index (χ0n) is 9.42. The average molecular weight is 217 g/mol. The van der Waals surface area contributed by atoms with E-state index in [9.17, 15) is 4.79 Å². The number of urea groups is 1. The summed E-state index contributed by atoms with van der Waals surface area (Å²) in [5, 5.41) is 5.22. The zero-order valence-corrected chi connectivity index (χ0v) is 9.42. The van der Waals surface area contributed by atoms with Crippen LogP contribution in [-0.2, 0) is 0 Å². The molecule has 0 aliphatic rings. The van der Waals surface area contributed by atoms with E-state index in [2.05, 4.69) is 22.5 Å². The Kier molecular flexibility index (Phi) is 4.37. The van der Waals surface area contributed by atoms with E-state index in [0.29, 0.717) is 6.54 Å². The summed E-state index contributed by atoms with van der Waals surface area (Å²) >= 11 is 0. The highest BCUT2D eigenvalue weighted by atomic mass is 16.2. The predicted molar refractivity (Wildman–Crippen MR) is 65.2 cm³/mol. The Hall–Kier alpha value is -1.99. The Bertz CT molecular complexity index is 443. The molecule has 0 aliphatic carbocycles. The summed E-state index contributed by atoms with van der Waals surface area (Å²) < 4.78 is 0. The highest BCUT2D eigenvalue weighted by Gasteiger charge is 2.02. The van der Waals surface area contributed by atoms with Crippen molar-refractivity contribution in [3.63, 3.8) is 0 Å². The quantitative estimate of drug-likeness (QED) is 0.616. The normalized spacial score (nSPS) is 8.94. The maximum atomic E-state index is 11.1. The molecule has 1 rings (SSSR count). The molecule has 0 fully saturated rings. The summed E-state index contributed by atoms with van der Waals surface area (Å²) in [4.78, 5) is 11.1. The third-order valence-electron chi connectivity index (χ3n) is 2.04. The Morgan fingerprint density at radius 1 is 1.50 bits per heavy atom. The van der Waals surface area contributed by atoms with Crippen molar-refractivity contribution in [2.24, 2.45) is 5.73 Å². The summed E-state index contributed by atoms with van der Waals surface area (Å²) in [5.41, 5.74) is 7.92. The van der Waals surface area contributed by atoms with Crippen molar-refractivity contribution in [3.05, 3.63) is 29.3 Å². The number of anilines is 1. The van der Waals surface area contributed by atoms with E-state index in [1.54, 1.807) is 7.05 Å². The lowest BCUT2D eigenvalue weighted by molar-refractivity contribution is 0.254. The van der Waals surface area contributed by atoms with Crippen molar-refractivity contribution >= 4 is 11.7 Å². The molecule has 84 valence electrons. The highest BCUT2D eigenvalue weighted by molar-refractivity contribution is 5.89. The first-order chi connectivity index (χ1) is 7.67. The Balaban J connectivity index is 2.87. The molecule has 0 aliphatic heterocycles. The first kappa shape index (κ1) is 12.1. The number of benzene rings is 1. The fourth-order valence-electron chi connectivity index (χ4n) is 1.22. The van der Waals surface area contributed by atoms with Gasteiger partial charge in [0.2, 0.25) is 0 Å². The molecule has 4 nitrogen and oxygen atoms in total. The van der Waals surface area contributed by atoms with Crippen molar-refractivity contribution in [1.29, 1.82) is 0 Å². The Morgan fingerprint density at radius 2 is 2.25 bits per heavy atom. The van der Waals surface area contributed by atoms with Crippen molar-refractivity contribution in [1.82, 2.24) is 5.32 Å². The van der Waals surface area contributed by atoms with Crippen LogP contribution in [0.5, 0.6) is 0 Å². The van der Waals surface area contributed by atoms with E-state index < -0.39 is 0 Å². The van der Waals surface area contributed by atoms with Crippen LogP contribution in [0.2, 0.25) is 0 Å². The average Bonchev–Trinajstić information content (AvgIpc) is 2.29. The number of carbonyl (C=O) groups excluding carboxylic acids is 1. The number of amides is 2. The van der Waals surface area contributed by atoms with Crippen molar-refractivity contribution in [2.45, 2.75) is 6.92 Å². The summed E-state index contributed by atoms with van der Waals surface area (Å²) in [5.74, 6) is 5.72. The van der Waals surface area contributed by atoms with Gasteiger partial charge in [-0.15, -0.1) is 0 Å². The Labute approximate surface area is 95.2 Å². The number of nitrogens with one attached hydrogen (secondary N) is 2. The van der Waals surface area contributed by atoms with Gasteiger partial charge in [-0.25, -0.2) is 4.79 Å². The topological polar surface area (TPSA) is 67.2 Å². The van der Waals surface area contributed by atoms with E-state index in [-0.39, 0.29) is 6.03 Å². The second-order valence-corrected chi connectivity index (χ2v) is 3.24. The number of carbonyl (C=O) groups is 1. The highest BCUT2D eigenvalue weighted by Crippen LogP contribution is 2.15. The van der Waals surface area contributed by atoms with Gasteiger partial charge in [0.15, 0.2) is 0 Å². The molecule has 4 heteroatoms. The van der Waals surface area contributed by atoms with Gasteiger partial charge in [-0.3, -0.25) is 0 Å². The van der Waals surface area contributed by atoms with Crippen LogP contribution in [-0.4, -0.2) is 19.6 Å². The number of rotatable bonds is 1. The van der Waals surface area contributed by atoms with Crippen LogP contribution in [0.4, 0.5) is 10.5 Å². The molecule has 0 bridgehead atoms. The van der Waals surface area contributed by atoms with Gasteiger partial charge in [0.25, 0.3) is 0 Å². The minimum atomic E-state index is -0.233. The number of hydrogen-bond donors (Lipinski definition) is 3. The van der Waals surface area contributed by atoms with Crippen LogP contribution in [0, 0.1) is 18.8 Å². The maximum absolute atomic E-state index is 11.1. The second-order valence-electron chi connectivity index (χ2n) is 3.24. The first-order valence-corrected chi connectivity index (χ1v) is 4.95. The molecule has 16 heavy (non-hydrogen) atoms. The summed E-state index contributed by atoms with van der Waals surface area (Å²) in [6, 6.07) is 5.35. The standard InChI is InChI=1S/C12H15N3O/c1-9-8-10(4-3-7-13)5-6-11(9)15-12(16)14-2/h5-6,8H,7,13H2,1-2H3,(H2,14,15,16). The third kappa shape index (κ3) is 3.30. The zero-order chi connectivity index (χ0) is 12.0. The molecule has 4 N–H and O–H groups in total. The number of nitrogens with two attached hydrogens (primary N) is 1. The second kappa shape index (κ2) is 5.79. The molecule has 0 unspecified atom stereocenters. The molecular weight excluding hydrogens is 202 g/mol. The van der Waals surface area contributed by atoms with E-state index in [1.165, 1.54) is 0 Å². The van der Waals surface area contributed by atoms with Crippen LogP contribution < -0.4 is 16.4 Å². The smallest absolute Gasteiger partial charge is 0.318 e. The van der Waals surface area contributed by atoms with Crippen LogP contribution in [0.25, 0.3) is 0 Å². The Morgan fingerprint density at radius 3 is 2.81 bits per heavy atom.